The Morgan fingerprint density at radius 1 is 1.63 bits per heavy atom. The van der Waals surface area contributed by atoms with Crippen molar-refractivity contribution in [3.63, 3.8) is 0 Å². The van der Waals surface area contributed by atoms with Crippen molar-refractivity contribution in [1.29, 1.82) is 0 Å². The minimum atomic E-state index is -0.333. The van der Waals surface area contributed by atoms with Gasteiger partial charge in [0.1, 0.15) is 11.5 Å². The lowest BCUT2D eigenvalue weighted by Gasteiger charge is -2.37. The summed E-state index contributed by atoms with van der Waals surface area (Å²) in [5.41, 5.74) is 0.289. The molecule has 19 heavy (non-hydrogen) atoms. The van der Waals surface area contributed by atoms with Crippen LogP contribution in [0.2, 0.25) is 0 Å². The van der Waals surface area contributed by atoms with Crippen molar-refractivity contribution in [2.75, 3.05) is 32.1 Å². The average Bonchev–Trinajstić information content (AvgIpc) is 2.47. The third-order valence-corrected chi connectivity index (χ3v) is 3.08. The van der Waals surface area contributed by atoms with Crippen LogP contribution in [-0.4, -0.2) is 64.8 Å². The van der Waals surface area contributed by atoms with Crippen LogP contribution in [0.15, 0.2) is 12.4 Å². The van der Waals surface area contributed by atoms with Crippen LogP contribution in [0.4, 0.5) is 5.82 Å². The molecule has 104 valence electrons. The molecular weight excluding hydrogens is 248 g/mol. The Bertz CT molecular complexity index is 454. The van der Waals surface area contributed by atoms with Crippen LogP contribution < -0.4 is 5.32 Å². The Hall–Kier alpha value is -1.73. The number of carbonyl (C=O) groups is 1. The second-order valence-corrected chi connectivity index (χ2v) is 4.48. The van der Waals surface area contributed by atoms with Gasteiger partial charge in [0.15, 0.2) is 0 Å². The highest BCUT2D eigenvalue weighted by atomic mass is 16.5. The Labute approximate surface area is 111 Å². The maximum Gasteiger partial charge on any atom is 0.274 e. The Morgan fingerprint density at radius 3 is 3.11 bits per heavy atom. The van der Waals surface area contributed by atoms with E-state index in [2.05, 4.69) is 15.3 Å². The third kappa shape index (κ3) is 2.99. The molecule has 1 saturated heterocycles. The van der Waals surface area contributed by atoms with Gasteiger partial charge in [-0.05, 0) is 6.92 Å². The molecule has 1 aromatic rings. The van der Waals surface area contributed by atoms with E-state index in [0.29, 0.717) is 19.0 Å². The van der Waals surface area contributed by atoms with E-state index in [1.54, 1.807) is 18.1 Å². The van der Waals surface area contributed by atoms with Gasteiger partial charge in [0.05, 0.1) is 37.8 Å². The highest BCUT2D eigenvalue weighted by Gasteiger charge is 2.30. The highest BCUT2D eigenvalue weighted by Crippen LogP contribution is 2.15. The first-order chi connectivity index (χ1) is 9.15. The third-order valence-electron chi connectivity index (χ3n) is 3.08. The fourth-order valence-electron chi connectivity index (χ4n) is 1.95. The minimum Gasteiger partial charge on any atom is -0.394 e. The van der Waals surface area contributed by atoms with Crippen LogP contribution in [0.3, 0.4) is 0 Å². The van der Waals surface area contributed by atoms with E-state index in [0.717, 1.165) is 0 Å². The van der Waals surface area contributed by atoms with Crippen LogP contribution in [0.25, 0.3) is 0 Å². The van der Waals surface area contributed by atoms with E-state index in [9.17, 15) is 4.79 Å². The molecule has 0 spiro atoms. The SMILES string of the molecule is CNc1cncc(C(=O)N2CC(CO)OCC2C)n1. The molecule has 7 nitrogen and oxygen atoms in total. The predicted molar refractivity (Wildman–Crippen MR) is 68.9 cm³/mol. The summed E-state index contributed by atoms with van der Waals surface area (Å²) < 4.78 is 5.41. The molecule has 0 aromatic carbocycles. The topological polar surface area (TPSA) is 87.6 Å². The first-order valence-electron chi connectivity index (χ1n) is 6.19. The smallest absolute Gasteiger partial charge is 0.274 e. The molecule has 1 fully saturated rings. The fourth-order valence-corrected chi connectivity index (χ4v) is 1.95. The molecule has 1 aliphatic rings. The Morgan fingerprint density at radius 2 is 2.42 bits per heavy atom. The van der Waals surface area contributed by atoms with Crippen molar-refractivity contribution < 1.29 is 14.6 Å². The lowest BCUT2D eigenvalue weighted by atomic mass is 10.2. The van der Waals surface area contributed by atoms with Crippen molar-refractivity contribution in [3.05, 3.63) is 18.1 Å². The van der Waals surface area contributed by atoms with E-state index >= 15 is 0 Å². The molecule has 1 aromatic heterocycles. The normalized spacial score (nSPS) is 23.2. The van der Waals surface area contributed by atoms with Gasteiger partial charge in [-0.1, -0.05) is 0 Å². The number of aliphatic hydroxyl groups is 1. The van der Waals surface area contributed by atoms with E-state index in [-0.39, 0.29) is 30.4 Å². The number of amides is 1. The molecule has 2 atom stereocenters. The number of carbonyl (C=O) groups excluding carboxylic acids is 1. The maximum atomic E-state index is 12.4. The van der Waals surface area contributed by atoms with Gasteiger partial charge in [-0.2, -0.15) is 0 Å². The zero-order valence-corrected chi connectivity index (χ0v) is 11.0. The second-order valence-electron chi connectivity index (χ2n) is 4.48. The molecular formula is C12H18N4O3. The number of morpholine rings is 1. The molecule has 0 bridgehead atoms. The molecule has 0 aliphatic carbocycles. The number of anilines is 1. The van der Waals surface area contributed by atoms with E-state index in [1.807, 2.05) is 6.92 Å². The van der Waals surface area contributed by atoms with Crippen molar-refractivity contribution in [1.82, 2.24) is 14.9 Å². The van der Waals surface area contributed by atoms with E-state index in [1.165, 1.54) is 6.20 Å². The number of aromatic nitrogens is 2. The lowest BCUT2D eigenvalue weighted by Crippen LogP contribution is -2.52. The highest BCUT2D eigenvalue weighted by molar-refractivity contribution is 5.92. The molecule has 2 N–H and O–H groups in total. The predicted octanol–water partition coefficient (Wildman–Crippen LogP) is -0.260. The molecule has 0 radical (unpaired) electrons. The quantitative estimate of drug-likeness (QED) is 0.783. The van der Waals surface area contributed by atoms with E-state index in [4.69, 9.17) is 9.84 Å². The number of nitrogens with zero attached hydrogens (tertiary/aromatic N) is 3. The maximum absolute atomic E-state index is 12.4. The molecule has 2 unspecified atom stereocenters. The summed E-state index contributed by atoms with van der Waals surface area (Å²) in [6, 6.07) is -0.0460. The van der Waals surface area contributed by atoms with Crippen molar-refractivity contribution in [3.8, 4) is 0 Å². The standard InChI is InChI=1S/C12H18N4O3/c1-8-7-19-9(6-17)5-16(8)12(18)10-3-14-4-11(13-2)15-10/h3-4,8-9,17H,5-7H2,1-2H3,(H,13,15). The molecule has 1 amide bonds. The zero-order chi connectivity index (χ0) is 13.8. The van der Waals surface area contributed by atoms with Gasteiger partial charge in [0, 0.05) is 13.6 Å². The van der Waals surface area contributed by atoms with Crippen molar-refractivity contribution in [2.45, 2.75) is 19.1 Å². The van der Waals surface area contributed by atoms with Crippen LogP contribution in [0, 0.1) is 0 Å². The van der Waals surface area contributed by atoms with Crippen molar-refractivity contribution >= 4 is 11.7 Å². The van der Waals surface area contributed by atoms with Gasteiger partial charge in [-0.15, -0.1) is 0 Å². The van der Waals surface area contributed by atoms with E-state index < -0.39 is 0 Å². The number of ether oxygens (including phenoxy) is 1. The number of hydrogen-bond acceptors (Lipinski definition) is 6. The van der Waals surface area contributed by atoms with Crippen LogP contribution in [0.1, 0.15) is 17.4 Å². The molecule has 2 heterocycles. The first-order valence-corrected chi connectivity index (χ1v) is 6.19. The number of nitrogens with one attached hydrogen (secondary N) is 1. The number of aliphatic hydroxyl groups excluding tert-OH is 1. The largest absolute Gasteiger partial charge is 0.394 e. The summed E-state index contributed by atoms with van der Waals surface area (Å²) in [5, 5.41) is 12.0. The minimum absolute atomic E-state index is 0.0460. The fraction of sp³-hybridized carbons (Fsp3) is 0.583. The second kappa shape index (κ2) is 5.94. The van der Waals surface area contributed by atoms with Crippen LogP contribution >= 0.6 is 0 Å². The van der Waals surface area contributed by atoms with Crippen LogP contribution in [0.5, 0.6) is 0 Å². The Balaban J connectivity index is 2.16. The van der Waals surface area contributed by atoms with Crippen molar-refractivity contribution in [2.24, 2.45) is 0 Å². The molecule has 0 saturated carbocycles. The van der Waals surface area contributed by atoms with Gasteiger partial charge < -0.3 is 20.1 Å². The first kappa shape index (κ1) is 13.7. The lowest BCUT2D eigenvalue weighted by molar-refractivity contribution is -0.0668. The monoisotopic (exact) mass is 266 g/mol. The summed E-state index contributed by atoms with van der Waals surface area (Å²) in [7, 11) is 1.72. The van der Waals surface area contributed by atoms with Gasteiger partial charge >= 0.3 is 0 Å². The summed E-state index contributed by atoms with van der Waals surface area (Å²) in [6.45, 7) is 2.58. The molecule has 7 heteroatoms. The summed E-state index contributed by atoms with van der Waals surface area (Å²) >= 11 is 0. The molecule has 2 rings (SSSR count). The van der Waals surface area contributed by atoms with Gasteiger partial charge in [0.2, 0.25) is 0 Å². The zero-order valence-electron chi connectivity index (χ0n) is 11.0. The summed E-state index contributed by atoms with van der Waals surface area (Å²) in [5.74, 6) is 0.351. The van der Waals surface area contributed by atoms with Gasteiger partial charge in [-0.25, -0.2) is 4.98 Å². The van der Waals surface area contributed by atoms with Crippen LogP contribution in [-0.2, 0) is 4.74 Å². The summed E-state index contributed by atoms with van der Waals surface area (Å²) in [4.78, 5) is 22.2. The molecule has 1 aliphatic heterocycles. The van der Waals surface area contributed by atoms with Gasteiger partial charge in [-0.3, -0.25) is 9.78 Å². The average molecular weight is 266 g/mol. The Kier molecular flexibility index (Phi) is 4.28. The van der Waals surface area contributed by atoms with Gasteiger partial charge in [0.25, 0.3) is 5.91 Å². The summed E-state index contributed by atoms with van der Waals surface area (Å²) in [6.07, 6.45) is 2.66. The number of rotatable bonds is 3. The number of hydrogen-bond donors (Lipinski definition) is 2.